The van der Waals surface area contributed by atoms with Gasteiger partial charge in [0.15, 0.2) is 5.82 Å². The molecular weight excluding hydrogens is 224 g/mol. The number of rotatable bonds is 3. The Morgan fingerprint density at radius 1 is 1.06 bits per heavy atom. The lowest BCUT2D eigenvalue weighted by Gasteiger charge is -2.07. The molecule has 0 amide bonds. The number of benzene rings is 1. The van der Waals surface area contributed by atoms with Gasteiger partial charge in [0.05, 0.1) is 0 Å². The van der Waals surface area contributed by atoms with E-state index < -0.39 is 6.43 Å². The molecule has 0 bridgehead atoms. The maximum atomic E-state index is 12.4. The second kappa shape index (κ2) is 4.86. The third-order valence-electron chi connectivity index (χ3n) is 2.37. The molecule has 0 atom stereocenters. The van der Waals surface area contributed by atoms with Crippen molar-refractivity contribution in [1.29, 1.82) is 0 Å². The average Bonchev–Trinajstić information content (AvgIpc) is 2.39. The average molecular weight is 235 g/mol. The quantitative estimate of drug-likeness (QED) is 0.888. The van der Waals surface area contributed by atoms with Crippen molar-refractivity contribution in [2.45, 2.75) is 6.43 Å². The first-order valence-electron chi connectivity index (χ1n) is 5.09. The first kappa shape index (κ1) is 11.4. The van der Waals surface area contributed by atoms with Gasteiger partial charge >= 0.3 is 0 Å². The van der Waals surface area contributed by atoms with E-state index in [9.17, 15) is 8.78 Å². The fourth-order valence-electron chi connectivity index (χ4n) is 1.52. The van der Waals surface area contributed by atoms with Crippen molar-refractivity contribution in [3.63, 3.8) is 0 Å². The van der Waals surface area contributed by atoms with Crippen molar-refractivity contribution in [2.75, 3.05) is 12.4 Å². The number of hydrogen-bond donors (Lipinski definition) is 1. The summed E-state index contributed by atoms with van der Waals surface area (Å²) < 4.78 is 24.8. The van der Waals surface area contributed by atoms with Gasteiger partial charge in [0, 0.05) is 30.6 Å². The van der Waals surface area contributed by atoms with Crippen molar-refractivity contribution in [2.24, 2.45) is 0 Å². The molecule has 3 nitrogen and oxygen atoms in total. The molecule has 88 valence electrons. The van der Waals surface area contributed by atoms with Crippen LogP contribution in [-0.2, 0) is 0 Å². The normalized spacial score (nSPS) is 10.6. The minimum atomic E-state index is -2.45. The predicted octanol–water partition coefficient (Wildman–Crippen LogP) is 3.12. The molecule has 1 heterocycles. The van der Waals surface area contributed by atoms with Gasteiger partial charge in [0.1, 0.15) is 5.69 Å². The Bertz CT molecular complexity index is 497. The molecular formula is C12H11F2N3. The van der Waals surface area contributed by atoms with Gasteiger partial charge in [0.2, 0.25) is 0 Å². The fourth-order valence-corrected chi connectivity index (χ4v) is 1.52. The third kappa shape index (κ3) is 2.38. The van der Waals surface area contributed by atoms with E-state index in [-0.39, 0.29) is 5.56 Å². The van der Waals surface area contributed by atoms with Crippen molar-refractivity contribution >= 4 is 5.82 Å². The summed E-state index contributed by atoms with van der Waals surface area (Å²) in [5.41, 5.74) is 1.41. The highest BCUT2D eigenvalue weighted by molar-refractivity contribution is 5.70. The molecule has 2 rings (SSSR count). The first-order chi connectivity index (χ1) is 8.22. The molecule has 0 saturated carbocycles. The first-order valence-corrected chi connectivity index (χ1v) is 5.09. The van der Waals surface area contributed by atoms with Gasteiger partial charge in [0.25, 0.3) is 6.43 Å². The lowest BCUT2D eigenvalue weighted by molar-refractivity contribution is 0.151. The third-order valence-corrected chi connectivity index (χ3v) is 2.37. The molecule has 0 aliphatic heterocycles. The molecule has 0 aliphatic rings. The molecule has 0 unspecified atom stereocenters. The van der Waals surface area contributed by atoms with E-state index in [0.29, 0.717) is 11.5 Å². The van der Waals surface area contributed by atoms with Crippen LogP contribution in [0.15, 0.2) is 36.7 Å². The van der Waals surface area contributed by atoms with Gasteiger partial charge < -0.3 is 5.32 Å². The van der Waals surface area contributed by atoms with Crippen LogP contribution in [0.4, 0.5) is 14.6 Å². The number of anilines is 1. The van der Waals surface area contributed by atoms with Crippen LogP contribution in [0.5, 0.6) is 0 Å². The van der Waals surface area contributed by atoms with Crippen LogP contribution in [0.1, 0.15) is 12.0 Å². The van der Waals surface area contributed by atoms with Gasteiger partial charge in [-0.2, -0.15) is 0 Å². The van der Waals surface area contributed by atoms with Crippen LogP contribution in [0, 0.1) is 0 Å². The van der Waals surface area contributed by atoms with Crippen LogP contribution in [0.25, 0.3) is 11.3 Å². The molecule has 0 spiro atoms. The van der Waals surface area contributed by atoms with Gasteiger partial charge in [-0.05, 0) is 0 Å². The molecule has 17 heavy (non-hydrogen) atoms. The smallest absolute Gasteiger partial charge is 0.263 e. The van der Waals surface area contributed by atoms with E-state index in [1.807, 2.05) is 0 Å². The highest BCUT2D eigenvalue weighted by Gasteiger charge is 2.09. The lowest BCUT2D eigenvalue weighted by atomic mass is 10.1. The Morgan fingerprint density at radius 2 is 1.71 bits per heavy atom. The topological polar surface area (TPSA) is 37.8 Å². The molecule has 0 radical (unpaired) electrons. The van der Waals surface area contributed by atoms with Gasteiger partial charge in [-0.1, -0.05) is 24.3 Å². The molecule has 0 aliphatic carbocycles. The number of aromatic nitrogens is 2. The van der Waals surface area contributed by atoms with Gasteiger partial charge in [-0.15, -0.1) is 0 Å². The Balaban J connectivity index is 2.40. The highest BCUT2D eigenvalue weighted by Crippen LogP contribution is 2.26. The zero-order valence-corrected chi connectivity index (χ0v) is 9.19. The Kier molecular flexibility index (Phi) is 3.27. The second-order valence-electron chi connectivity index (χ2n) is 3.43. The van der Waals surface area contributed by atoms with E-state index in [1.165, 1.54) is 12.1 Å². The summed E-state index contributed by atoms with van der Waals surface area (Å²) in [5.74, 6) is 0.622. The number of alkyl halides is 2. The van der Waals surface area contributed by atoms with E-state index in [1.54, 1.807) is 31.6 Å². The van der Waals surface area contributed by atoms with Crippen LogP contribution < -0.4 is 5.32 Å². The summed E-state index contributed by atoms with van der Waals surface area (Å²) >= 11 is 0. The highest BCUT2D eigenvalue weighted by atomic mass is 19.3. The summed E-state index contributed by atoms with van der Waals surface area (Å²) in [6.07, 6.45) is 0.690. The standard InChI is InChI=1S/C12H11F2N3/c1-15-12-10(16-6-7-17-12)8-2-4-9(5-3-8)11(13)14/h2-7,11H,1H3,(H,15,17). The SMILES string of the molecule is CNc1nccnc1-c1ccc(C(F)F)cc1. The maximum Gasteiger partial charge on any atom is 0.263 e. The van der Waals surface area contributed by atoms with Gasteiger partial charge in [-0.3, -0.25) is 4.98 Å². The summed E-state index contributed by atoms with van der Waals surface area (Å²) in [6, 6.07) is 6.03. The molecule has 5 heteroatoms. The minimum absolute atomic E-state index is 0.00338. The Morgan fingerprint density at radius 3 is 2.29 bits per heavy atom. The second-order valence-corrected chi connectivity index (χ2v) is 3.43. The lowest BCUT2D eigenvalue weighted by Crippen LogP contribution is -1.97. The predicted molar refractivity (Wildman–Crippen MR) is 62.0 cm³/mol. The van der Waals surface area contributed by atoms with Crippen LogP contribution in [-0.4, -0.2) is 17.0 Å². The molecule has 1 aromatic heterocycles. The van der Waals surface area contributed by atoms with Gasteiger partial charge in [-0.25, -0.2) is 13.8 Å². The van der Waals surface area contributed by atoms with E-state index in [4.69, 9.17) is 0 Å². The van der Waals surface area contributed by atoms with Crippen LogP contribution >= 0.6 is 0 Å². The molecule has 1 aromatic carbocycles. The fraction of sp³-hybridized carbons (Fsp3) is 0.167. The van der Waals surface area contributed by atoms with Crippen LogP contribution in [0.2, 0.25) is 0 Å². The summed E-state index contributed by atoms with van der Waals surface area (Å²) in [7, 11) is 1.74. The van der Waals surface area contributed by atoms with Crippen LogP contribution in [0.3, 0.4) is 0 Å². The maximum absolute atomic E-state index is 12.4. The number of halogens is 2. The Hall–Kier alpha value is -2.04. The summed E-state index contributed by atoms with van der Waals surface area (Å²) in [5, 5.41) is 2.91. The van der Waals surface area contributed by atoms with Crippen molar-refractivity contribution in [3.05, 3.63) is 42.2 Å². The Labute approximate surface area is 97.5 Å². The molecule has 2 aromatic rings. The number of nitrogens with one attached hydrogen (secondary N) is 1. The van der Waals surface area contributed by atoms with Crippen molar-refractivity contribution < 1.29 is 8.78 Å². The van der Waals surface area contributed by atoms with E-state index in [2.05, 4.69) is 15.3 Å². The summed E-state index contributed by atoms with van der Waals surface area (Å²) in [4.78, 5) is 8.29. The van der Waals surface area contributed by atoms with E-state index in [0.717, 1.165) is 5.56 Å². The van der Waals surface area contributed by atoms with E-state index >= 15 is 0 Å². The molecule has 0 fully saturated rings. The molecule has 0 saturated heterocycles. The monoisotopic (exact) mass is 235 g/mol. The minimum Gasteiger partial charge on any atom is -0.371 e. The van der Waals surface area contributed by atoms with Crippen molar-refractivity contribution in [3.8, 4) is 11.3 Å². The zero-order valence-electron chi connectivity index (χ0n) is 9.19. The largest absolute Gasteiger partial charge is 0.371 e. The number of nitrogens with zero attached hydrogens (tertiary/aromatic N) is 2. The van der Waals surface area contributed by atoms with Crippen molar-refractivity contribution in [1.82, 2.24) is 9.97 Å². The zero-order chi connectivity index (χ0) is 12.3. The molecule has 1 N–H and O–H groups in total. The summed E-state index contributed by atoms with van der Waals surface area (Å²) in [6.45, 7) is 0. The number of hydrogen-bond acceptors (Lipinski definition) is 3.